The molecule has 0 saturated heterocycles. The minimum absolute atomic E-state index is 0.190. The molecule has 2 N–H and O–H groups in total. The van der Waals surface area contributed by atoms with Crippen LogP contribution in [0, 0.1) is 16.7 Å². The summed E-state index contributed by atoms with van der Waals surface area (Å²) in [6, 6.07) is 3.87. The Morgan fingerprint density at radius 3 is 2.48 bits per heavy atom. The number of aromatic hydroxyl groups is 1. The Morgan fingerprint density at radius 1 is 1.20 bits per heavy atom. The van der Waals surface area contributed by atoms with Crippen LogP contribution in [0.25, 0.3) is 0 Å². The second-order valence-corrected chi connectivity index (χ2v) is 9.08. The van der Waals surface area contributed by atoms with Gasteiger partial charge in [0.2, 0.25) is 0 Å². The molecule has 0 aliphatic heterocycles. The third-order valence-electron chi connectivity index (χ3n) is 7.36. The van der Waals surface area contributed by atoms with Crippen LogP contribution >= 0.6 is 0 Å². The van der Waals surface area contributed by atoms with E-state index < -0.39 is 5.60 Å². The van der Waals surface area contributed by atoms with Crippen LogP contribution in [-0.2, 0) is 12.0 Å². The molecular weight excluding hydrogens is 312 g/mol. The number of benzene rings is 1. The molecular formula is C22H34O3. The van der Waals surface area contributed by atoms with Crippen molar-refractivity contribution >= 4 is 0 Å². The number of hydrogen-bond acceptors (Lipinski definition) is 3. The smallest absolute Gasteiger partial charge is 0.128 e. The van der Waals surface area contributed by atoms with Gasteiger partial charge in [0.1, 0.15) is 17.1 Å². The summed E-state index contributed by atoms with van der Waals surface area (Å²) >= 11 is 0. The van der Waals surface area contributed by atoms with Gasteiger partial charge in [-0.1, -0.05) is 40.5 Å². The van der Waals surface area contributed by atoms with E-state index in [-0.39, 0.29) is 16.6 Å². The van der Waals surface area contributed by atoms with E-state index in [1.165, 1.54) is 12.8 Å². The Labute approximate surface area is 152 Å². The van der Waals surface area contributed by atoms with E-state index in [0.717, 1.165) is 37.7 Å². The Kier molecular flexibility index (Phi) is 4.60. The van der Waals surface area contributed by atoms with Crippen LogP contribution in [0.4, 0.5) is 0 Å². The SMILES string of the molecule is CCCCCc1cc(O)c(C2(O)C3(C)CCC(C3)C2(C)C)c(OC)c1. The fraction of sp³-hybridized carbons (Fsp3) is 0.727. The lowest BCUT2D eigenvalue weighted by Gasteiger charge is -2.51. The number of aliphatic hydroxyl groups is 1. The molecule has 3 unspecified atom stereocenters. The molecule has 25 heavy (non-hydrogen) atoms. The normalized spacial score (nSPS) is 33.0. The molecule has 3 rings (SSSR count). The summed E-state index contributed by atoms with van der Waals surface area (Å²) in [6.07, 6.45) is 7.56. The molecule has 3 nitrogen and oxygen atoms in total. The maximum absolute atomic E-state index is 12.0. The highest BCUT2D eigenvalue weighted by atomic mass is 16.5. The Hall–Kier alpha value is -1.22. The predicted octanol–water partition coefficient (Wildman–Crippen LogP) is 5.17. The van der Waals surface area contributed by atoms with Crippen LogP contribution in [0.3, 0.4) is 0 Å². The fourth-order valence-corrected chi connectivity index (χ4v) is 5.79. The second kappa shape index (κ2) is 6.19. The second-order valence-electron chi connectivity index (χ2n) is 9.08. The number of hydrogen-bond donors (Lipinski definition) is 2. The van der Waals surface area contributed by atoms with Crippen molar-refractivity contribution < 1.29 is 14.9 Å². The maximum atomic E-state index is 12.0. The van der Waals surface area contributed by atoms with Gasteiger partial charge < -0.3 is 14.9 Å². The molecule has 140 valence electrons. The molecule has 2 fully saturated rings. The van der Waals surface area contributed by atoms with Crippen LogP contribution in [0.5, 0.6) is 11.5 Å². The van der Waals surface area contributed by atoms with Crippen LogP contribution in [-0.4, -0.2) is 17.3 Å². The minimum Gasteiger partial charge on any atom is -0.507 e. The molecule has 3 atom stereocenters. The minimum atomic E-state index is -1.07. The molecule has 0 aromatic heterocycles. The van der Waals surface area contributed by atoms with E-state index in [9.17, 15) is 10.2 Å². The first-order valence-corrected chi connectivity index (χ1v) is 9.84. The fourth-order valence-electron chi connectivity index (χ4n) is 5.79. The molecule has 0 amide bonds. The molecule has 2 saturated carbocycles. The Morgan fingerprint density at radius 2 is 1.92 bits per heavy atom. The van der Waals surface area contributed by atoms with Gasteiger partial charge in [-0.25, -0.2) is 0 Å². The van der Waals surface area contributed by atoms with Crippen LogP contribution in [0.15, 0.2) is 12.1 Å². The lowest BCUT2D eigenvalue weighted by molar-refractivity contribution is -0.152. The zero-order chi connectivity index (χ0) is 18.5. The number of methoxy groups -OCH3 is 1. The predicted molar refractivity (Wildman–Crippen MR) is 101 cm³/mol. The third-order valence-corrected chi connectivity index (χ3v) is 7.36. The van der Waals surface area contributed by atoms with Crippen LogP contribution in [0.1, 0.15) is 77.3 Å². The molecule has 2 aliphatic rings. The standard InChI is InChI=1S/C22H34O3/c1-6-7-8-9-15-12-17(23)19(18(13-15)25-5)22(24)20(2,3)16-10-11-21(22,4)14-16/h12-13,16,23-24H,6-11,14H2,1-5H3. The summed E-state index contributed by atoms with van der Waals surface area (Å²) in [6.45, 7) is 8.66. The van der Waals surface area contributed by atoms with Gasteiger partial charge in [-0.15, -0.1) is 0 Å². The number of phenolic OH excluding ortho intramolecular Hbond substituents is 1. The highest BCUT2D eigenvalue weighted by molar-refractivity contribution is 5.54. The van der Waals surface area contributed by atoms with Crippen molar-refractivity contribution in [1.29, 1.82) is 0 Å². The molecule has 1 aromatic rings. The van der Waals surface area contributed by atoms with Gasteiger partial charge in [0.15, 0.2) is 0 Å². The summed E-state index contributed by atoms with van der Waals surface area (Å²) < 4.78 is 5.68. The van der Waals surface area contributed by atoms with E-state index in [0.29, 0.717) is 17.2 Å². The highest BCUT2D eigenvalue weighted by Crippen LogP contribution is 2.73. The first kappa shape index (κ1) is 18.6. The van der Waals surface area contributed by atoms with Crippen molar-refractivity contribution in [3.63, 3.8) is 0 Å². The van der Waals surface area contributed by atoms with Crippen molar-refractivity contribution in [3.8, 4) is 11.5 Å². The zero-order valence-electron chi connectivity index (χ0n) is 16.5. The number of aryl methyl sites for hydroxylation is 1. The number of rotatable bonds is 6. The molecule has 0 heterocycles. The lowest BCUT2D eigenvalue weighted by atomic mass is 9.57. The van der Waals surface area contributed by atoms with Gasteiger partial charge in [0.25, 0.3) is 0 Å². The average Bonchev–Trinajstić information content (AvgIpc) is 3.03. The van der Waals surface area contributed by atoms with Crippen LogP contribution < -0.4 is 4.74 Å². The van der Waals surface area contributed by atoms with Crippen molar-refractivity contribution in [2.75, 3.05) is 7.11 Å². The first-order chi connectivity index (χ1) is 11.7. The molecule has 2 aliphatic carbocycles. The molecule has 0 spiro atoms. The van der Waals surface area contributed by atoms with Gasteiger partial charge in [-0.2, -0.15) is 0 Å². The Balaban J connectivity index is 2.07. The largest absolute Gasteiger partial charge is 0.507 e. The number of phenols is 1. The summed E-state index contributed by atoms with van der Waals surface area (Å²) in [4.78, 5) is 0. The van der Waals surface area contributed by atoms with E-state index in [1.54, 1.807) is 7.11 Å². The lowest BCUT2D eigenvalue weighted by Crippen LogP contribution is -2.51. The van der Waals surface area contributed by atoms with Gasteiger partial charge in [-0.3, -0.25) is 0 Å². The summed E-state index contributed by atoms with van der Waals surface area (Å²) in [5.41, 5.74) is 0.120. The third kappa shape index (κ3) is 2.50. The topological polar surface area (TPSA) is 49.7 Å². The van der Waals surface area contributed by atoms with Gasteiger partial charge >= 0.3 is 0 Å². The van der Waals surface area contributed by atoms with Gasteiger partial charge in [0, 0.05) is 10.8 Å². The summed E-state index contributed by atoms with van der Waals surface area (Å²) in [7, 11) is 1.64. The van der Waals surface area contributed by atoms with Gasteiger partial charge in [-0.05, 0) is 55.7 Å². The van der Waals surface area contributed by atoms with E-state index in [4.69, 9.17) is 4.74 Å². The first-order valence-electron chi connectivity index (χ1n) is 9.84. The van der Waals surface area contributed by atoms with E-state index in [1.807, 2.05) is 12.1 Å². The van der Waals surface area contributed by atoms with Crippen molar-refractivity contribution in [3.05, 3.63) is 23.3 Å². The van der Waals surface area contributed by atoms with Crippen molar-refractivity contribution in [2.45, 2.75) is 78.2 Å². The molecule has 2 bridgehead atoms. The van der Waals surface area contributed by atoms with Gasteiger partial charge in [0.05, 0.1) is 12.7 Å². The van der Waals surface area contributed by atoms with Crippen LogP contribution in [0.2, 0.25) is 0 Å². The number of unbranched alkanes of at least 4 members (excludes halogenated alkanes) is 2. The average molecular weight is 347 g/mol. The quantitative estimate of drug-likeness (QED) is 0.699. The summed E-state index contributed by atoms with van der Waals surface area (Å²) in [5.74, 6) is 1.31. The monoisotopic (exact) mass is 346 g/mol. The van der Waals surface area contributed by atoms with E-state index in [2.05, 4.69) is 27.7 Å². The molecule has 0 radical (unpaired) electrons. The number of fused-ring (bicyclic) bond motifs is 2. The highest BCUT2D eigenvalue weighted by Gasteiger charge is 2.70. The number of ether oxygens (including phenoxy) is 1. The maximum Gasteiger partial charge on any atom is 0.128 e. The van der Waals surface area contributed by atoms with Crippen molar-refractivity contribution in [2.24, 2.45) is 16.7 Å². The zero-order valence-corrected chi connectivity index (χ0v) is 16.5. The van der Waals surface area contributed by atoms with E-state index >= 15 is 0 Å². The Bertz CT molecular complexity index is 644. The molecule has 3 heteroatoms. The summed E-state index contributed by atoms with van der Waals surface area (Å²) in [5, 5.41) is 22.9. The van der Waals surface area contributed by atoms with Crippen molar-refractivity contribution in [1.82, 2.24) is 0 Å². The molecule has 1 aromatic carbocycles.